The van der Waals surface area contributed by atoms with Crippen LogP contribution >= 0.6 is 7.82 Å². The van der Waals surface area contributed by atoms with Crippen molar-refractivity contribution in [2.45, 2.75) is 341 Å². The van der Waals surface area contributed by atoms with Gasteiger partial charge in [0.2, 0.25) is 0 Å². The van der Waals surface area contributed by atoms with Crippen molar-refractivity contribution >= 4 is 19.8 Å². The highest BCUT2D eigenvalue weighted by Gasteiger charge is 2.26. The zero-order valence-corrected chi connectivity index (χ0v) is 51.6. The Balaban J connectivity index is 3.79. The van der Waals surface area contributed by atoms with E-state index in [1.807, 2.05) is 0 Å². The number of phosphoric ester groups is 1. The highest BCUT2D eigenvalue weighted by atomic mass is 31.2. The normalized spacial score (nSPS) is 13.2. The fraction of sp³-hybridized carbons (Fsp3) is 0.851. The first-order valence-corrected chi connectivity index (χ1v) is 34.6. The SMILES string of the molecule is CCCCC/C=C\C/C=C\C/C=C\CCCCCCCCC(=O)OC(COC(=O)CCCCCCCCCCCCCCCCCCCCCCCCCCC/C=C\CCCCCCCCCC)COP(=O)(O)OCCN. The summed E-state index contributed by atoms with van der Waals surface area (Å²) in [5, 5.41) is 0. The van der Waals surface area contributed by atoms with Gasteiger partial charge in [-0.05, 0) is 77.0 Å². The molecule has 0 amide bonds. The van der Waals surface area contributed by atoms with E-state index in [0.29, 0.717) is 6.42 Å². The lowest BCUT2D eigenvalue weighted by molar-refractivity contribution is -0.161. The van der Waals surface area contributed by atoms with Crippen molar-refractivity contribution in [1.82, 2.24) is 0 Å². The molecule has 3 N–H and O–H groups in total. The maximum Gasteiger partial charge on any atom is 0.472 e. The predicted octanol–water partition coefficient (Wildman–Crippen LogP) is 21.3. The molecule has 0 aliphatic rings. The zero-order valence-electron chi connectivity index (χ0n) is 50.7. The van der Waals surface area contributed by atoms with Gasteiger partial charge in [-0.25, -0.2) is 4.57 Å². The summed E-state index contributed by atoms with van der Waals surface area (Å²) < 4.78 is 33.1. The second-order valence-corrected chi connectivity index (χ2v) is 23.8. The standard InChI is InChI=1S/C67H126NO8P/c1-3-5-7-9-11-13-15-17-19-21-23-24-25-26-27-28-29-30-31-32-33-34-35-36-37-38-39-40-42-43-45-47-49-51-53-55-57-59-66(69)73-63-65(64-75-77(71,72)74-62-61-68)76-67(70)60-58-56-54-52-50-48-46-44-41-22-20-18-16-14-12-10-8-6-4-2/h12,14,18,20-21,23,41,44,65H,3-11,13,15-17,19,22,24-40,42-43,45-64,68H2,1-2H3,(H,71,72)/b14-12-,20-18-,23-21-,44-41-. The maximum atomic E-state index is 12.7. The van der Waals surface area contributed by atoms with Crippen LogP contribution in [0.15, 0.2) is 48.6 Å². The van der Waals surface area contributed by atoms with E-state index in [9.17, 15) is 19.0 Å². The average Bonchev–Trinajstić information content (AvgIpc) is 3.42. The summed E-state index contributed by atoms with van der Waals surface area (Å²) in [6.07, 6.45) is 79.3. The summed E-state index contributed by atoms with van der Waals surface area (Å²) in [7, 11) is -4.39. The molecule has 0 saturated carbocycles. The van der Waals surface area contributed by atoms with Gasteiger partial charge >= 0.3 is 19.8 Å². The Hall–Kier alpha value is -2.03. The van der Waals surface area contributed by atoms with Gasteiger partial charge in [0, 0.05) is 19.4 Å². The van der Waals surface area contributed by atoms with Crippen molar-refractivity contribution in [1.29, 1.82) is 0 Å². The molecule has 0 saturated heterocycles. The number of esters is 2. The molecule has 10 heteroatoms. The van der Waals surface area contributed by atoms with Gasteiger partial charge in [-0.2, -0.15) is 0 Å². The van der Waals surface area contributed by atoms with Crippen molar-refractivity contribution in [3.05, 3.63) is 48.6 Å². The number of carbonyl (C=O) groups is 2. The van der Waals surface area contributed by atoms with Gasteiger partial charge < -0.3 is 20.1 Å². The fourth-order valence-electron chi connectivity index (χ4n) is 9.76. The van der Waals surface area contributed by atoms with E-state index >= 15 is 0 Å². The number of allylic oxidation sites excluding steroid dienone is 8. The number of ether oxygens (including phenoxy) is 2. The van der Waals surface area contributed by atoms with Crippen molar-refractivity contribution in [3.8, 4) is 0 Å². The molecule has 77 heavy (non-hydrogen) atoms. The van der Waals surface area contributed by atoms with Gasteiger partial charge in [0.1, 0.15) is 6.61 Å². The third-order valence-corrected chi connectivity index (χ3v) is 15.7. The first-order valence-electron chi connectivity index (χ1n) is 33.1. The smallest absolute Gasteiger partial charge is 0.462 e. The molecule has 0 aromatic heterocycles. The number of nitrogens with two attached hydrogens (primary N) is 1. The minimum atomic E-state index is -4.39. The molecule has 0 bridgehead atoms. The molecule has 0 fully saturated rings. The maximum absolute atomic E-state index is 12.7. The van der Waals surface area contributed by atoms with E-state index in [1.54, 1.807) is 0 Å². The molecule has 0 heterocycles. The Bertz CT molecular complexity index is 1400. The van der Waals surface area contributed by atoms with Crippen LogP contribution in [-0.4, -0.2) is 49.3 Å². The Morgan fingerprint density at radius 2 is 0.675 bits per heavy atom. The first-order chi connectivity index (χ1) is 37.8. The Kier molecular flexibility index (Phi) is 61.5. The molecule has 0 aromatic rings. The largest absolute Gasteiger partial charge is 0.472 e. The topological polar surface area (TPSA) is 134 Å². The van der Waals surface area contributed by atoms with Crippen molar-refractivity contribution in [2.75, 3.05) is 26.4 Å². The van der Waals surface area contributed by atoms with Crippen LogP contribution in [-0.2, 0) is 32.7 Å². The number of phosphoric acid groups is 1. The summed E-state index contributed by atoms with van der Waals surface area (Å²) in [6.45, 7) is 3.74. The molecule has 0 aromatic carbocycles. The van der Waals surface area contributed by atoms with Gasteiger partial charge in [0.05, 0.1) is 13.2 Å². The first kappa shape index (κ1) is 75.0. The molecule has 2 atom stereocenters. The summed E-state index contributed by atoms with van der Waals surface area (Å²) in [4.78, 5) is 35.2. The number of rotatable bonds is 63. The van der Waals surface area contributed by atoms with Crippen LogP contribution in [0.1, 0.15) is 335 Å². The Morgan fingerprint density at radius 1 is 0.390 bits per heavy atom. The van der Waals surface area contributed by atoms with Gasteiger partial charge in [0.25, 0.3) is 0 Å². The molecule has 452 valence electrons. The van der Waals surface area contributed by atoms with Gasteiger partial charge in [-0.3, -0.25) is 18.6 Å². The highest BCUT2D eigenvalue weighted by molar-refractivity contribution is 7.47. The van der Waals surface area contributed by atoms with Gasteiger partial charge in [0.15, 0.2) is 6.10 Å². The second-order valence-electron chi connectivity index (χ2n) is 22.3. The third kappa shape index (κ3) is 63.0. The molecule has 2 unspecified atom stereocenters. The Morgan fingerprint density at radius 3 is 1.04 bits per heavy atom. The van der Waals surface area contributed by atoms with Crippen LogP contribution in [0.3, 0.4) is 0 Å². The number of hydrogen-bond acceptors (Lipinski definition) is 8. The predicted molar refractivity (Wildman–Crippen MR) is 330 cm³/mol. The number of carbonyl (C=O) groups excluding carboxylic acids is 2. The molecule has 0 aliphatic carbocycles. The third-order valence-electron chi connectivity index (χ3n) is 14.7. The lowest BCUT2D eigenvalue weighted by atomic mass is 10.0. The average molecular weight is 1100 g/mol. The van der Waals surface area contributed by atoms with E-state index in [0.717, 1.165) is 70.6 Å². The highest BCUT2D eigenvalue weighted by Crippen LogP contribution is 2.43. The monoisotopic (exact) mass is 1100 g/mol. The van der Waals surface area contributed by atoms with Gasteiger partial charge in [-0.15, -0.1) is 0 Å². The van der Waals surface area contributed by atoms with Crippen LogP contribution in [0.2, 0.25) is 0 Å². The molecule has 9 nitrogen and oxygen atoms in total. The molecule has 0 aliphatic heterocycles. The van der Waals surface area contributed by atoms with E-state index in [1.165, 1.54) is 231 Å². The quantitative estimate of drug-likeness (QED) is 0.0264. The molecular formula is C67H126NO8P. The van der Waals surface area contributed by atoms with Crippen LogP contribution in [0.25, 0.3) is 0 Å². The minimum absolute atomic E-state index is 0.0513. The number of unbranched alkanes of at least 4 members (excludes halogenated alkanes) is 42. The van der Waals surface area contributed by atoms with Crippen molar-refractivity contribution in [3.63, 3.8) is 0 Å². The summed E-state index contributed by atoms with van der Waals surface area (Å²) in [5.41, 5.74) is 5.39. The van der Waals surface area contributed by atoms with Crippen LogP contribution in [0, 0.1) is 0 Å². The van der Waals surface area contributed by atoms with Crippen LogP contribution < -0.4 is 5.73 Å². The summed E-state index contributed by atoms with van der Waals surface area (Å²) in [5.74, 6) is -0.829. The van der Waals surface area contributed by atoms with Gasteiger partial charge in [-0.1, -0.05) is 294 Å². The zero-order chi connectivity index (χ0) is 55.9. The second kappa shape index (κ2) is 63.2. The summed E-state index contributed by atoms with van der Waals surface area (Å²) >= 11 is 0. The minimum Gasteiger partial charge on any atom is -0.462 e. The lowest BCUT2D eigenvalue weighted by Crippen LogP contribution is -2.29. The lowest BCUT2D eigenvalue weighted by Gasteiger charge is -2.19. The Labute approximate surface area is 477 Å². The number of hydrogen-bond donors (Lipinski definition) is 2. The fourth-order valence-corrected chi connectivity index (χ4v) is 10.5. The molecule has 0 radical (unpaired) electrons. The van der Waals surface area contributed by atoms with Crippen LogP contribution in [0.4, 0.5) is 0 Å². The van der Waals surface area contributed by atoms with E-state index in [-0.39, 0.29) is 38.6 Å². The molecular weight excluding hydrogens is 978 g/mol. The summed E-state index contributed by atoms with van der Waals surface area (Å²) in [6, 6.07) is 0. The van der Waals surface area contributed by atoms with Crippen molar-refractivity contribution < 1.29 is 37.6 Å². The molecule has 0 rings (SSSR count). The molecule has 0 spiro atoms. The van der Waals surface area contributed by atoms with Crippen LogP contribution in [0.5, 0.6) is 0 Å². The van der Waals surface area contributed by atoms with E-state index in [4.69, 9.17) is 24.3 Å². The van der Waals surface area contributed by atoms with Crippen molar-refractivity contribution in [2.24, 2.45) is 5.73 Å². The van der Waals surface area contributed by atoms with E-state index < -0.39 is 26.5 Å². The van der Waals surface area contributed by atoms with E-state index in [2.05, 4.69) is 62.5 Å².